The van der Waals surface area contributed by atoms with E-state index >= 15 is 0 Å². The molecule has 3 rings (SSSR count). The van der Waals surface area contributed by atoms with Gasteiger partial charge in [0.15, 0.2) is 29.7 Å². The number of methoxy groups -OCH3 is 1. The third kappa shape index (κ3) is 8.18. The van der Waals surface area contributed by atoms with E-state index in [0.29, 0.717) is 31.3 Å². The lowest BCUT2D eigenvalue weighted by atomic mass is 9.97. The number of carbonyl (C=O) groups is 4. The molecule has 0 bridgehead atoms. The molecule has 2 aliphatic rings. The quantitative estimate of drug-likeness (QED) is 0.262. The minimum absolute atomic E-state index is 0.306. The molecule has 2 heterocycles. The first-order chi connectivity index (χ1) is 19.0. The standard InChI is InChI=1S/C26H35N3O10S/c1-15(30)35-14-21-22(36-16(2)31)23(37-17(3)32)24(38-18(4)33)25(39-21)27-26(40)29-12-10-28(11-13-29)19-8-6-7-9-20(19)34-5/h6-9,21-25H,10-14H2,1-5H3,(H,27,40). The van der Waals surface area contributed by atoms with Gasteiger partial charge in [0.25, 0.3) is 0 Å². The highest BCUT2D eigenvalue weighted by molar-refractivity contribution is 7.80. The molecule has 1 aromatic carbocycles. The van der Waals surface area contributed by atoms with Crippen molar-refractivity contribution < 1.29 is 47.6 Å². The van der Waals surface area contributed by atoms with Gasteiger partial charge in [-0.25, -0.2) is 0 Å². The molecule has 14 heteroatoms. The van der Waals surface area contributed by atoms with Crippen molar-refractivity contribution in [1.82, 2.24) is 10.2 Å². The highest BCUT2D eigenvalue weighted by Gasteiger charge is 2.52. The lowest BCUT2D eigenvalue weighted by Gasteiger charge is -2.45. The second-order valence-corrected chi connectivity index (χ2v) is 9.60. The number of nitrogens with one attached hydrogen (secondary N) is 1. The molecule has 1 aromatic rings. The molecule has 1 N–H and O–H groups in total. The minimum Gasteiger partial charge on any atom is -0.495 e. The molecule has 0 saturated carbocycles. The maximum Gasteiger partial charge on any atom is 0.303 e. The van der Waals surface area contributed by atoms with Gasteiger partial charge in [0.2, 0.25) is 0 Å². The maximum atomic E-state index is 12.0. The number of hydrogen-bond acceptors (Lipinski definition) is 12. The lowest BCUT2D eigenvalue weighted by Crippen LogP contribution is -2.67. The molecule has 5 atom stereocenters. The SMILES string of the molecule is COc1ccccc1N1CCN(C(=S)NC2OC(COC(C)=O)C(OC(C)=O)C(OC(C)=O)C2OC(C)=O)CC1. The Kier molecular flexibility index (Phi) is 10.9. The second kappa shape index (κ2) is 14.1. The fraction of sp³-hybridized carbons (Fsp3) is 0.577. The molecule has 5 unspecified atom stereocenters. The predicted molar refractivity (Wildman–Crippen MR) is 144 cm³/mol. The van der Waals surface area contributed by atoms with E-state index in [2.05, 4.69) is 10.2 Å². The molecule has 0 radical (unpaired) electrons. The Morgan fingerprint density at radius 3 is 2.02 bits per heavy atom. The number of piperazine rings is 1. The van der Waals surface area contributed by atoms with E-state index in [1.165, 1.54) is 27.7 Å². The Labute approximate surface area is 237 Å². The van der Waals surface area contributed by atoms with Crippen LogP contribution in [0, 0.1) is 0 Å². The van der Waals surface area contributed by atoms with Crippen molar-refractivity contribution in [2.75, 3.05) is 44.8 Å². The highest BCUT2D eigenvalue weighted by atomic mass is 32.1. The predicted octanol–water partition coefficient (Wildman–Crippen LogP) is 0.775. The summed E-state index contributed by atoms with van der Waals surface area (Å²) in [5.41, 5.74) is 0.975. The Bertz CT molecular complexity index is 1090. The van der Waals surface area contributed by atoms with Crippen molar-refractivity contribution in [3.63, 3.8) is 0 Å². The van der Waals surface area contributed by atoms with Gasteiger partial charge in [0, 0.05) is 53.9 Å². The van der Waals surface area contributed by atoms with Crippen LogP contribution in [-0.4, -0.2) is 104 Å². The molecular formula is C26H35N3O10S. The van der Waals surface area contributed by atoms with Crippen LogP contribution < -0.4 is 15.0 Å². The zero-order chi connectivity index (χ0) is 29.4. The zero-order valence-corrected chi connectivity index (χ0v) is 23.9. The van der Waals surface area contributed by atoms with Crippen LogP contribution in [0.2, 0.25) is 0 Å². The van der Waals surface area contributed by atoms with E-state index in [1.807, 2.05) is 29.2 Å². The van der Waals surface area contributed by atoms with Crippen LogP contribution in [0.1, 0.15) is 27.7 Å². The van der Waals surface area contributed by atoms with Crippen LogP contribution in [0.3, 0.4) is 0 Å². The number of ether oxygens (including phenoxy) is 6. The molecule has 0 spiro atoms. The minimum atomic E-state index is -1.28. The van der Waals surface area contributed by atoms with E-state index in [0.717, 1.165) is 11.4 Å². The van der Waals surface area contributed by atoms with Crippen LogP contribution in [0.5, 0.6) is 5.75 Å². The summed E-state index contributed by atoms with van der Waals surface area (Å²) in [4.78, 5) is 51.6. The van der Waals surface area contributed by atoms with Crippen LogP contribution >= 0.6 is 12.2 Å². The Morgan fingerprint density at radius 2 is 1.45 bits per heavy atom. The number of thiocarbonyl (C=S) groups is 1. The third-order valence-electron chi connectivity index (χ3n) is 6.25. The Morgan fingerprint density at radius 1 is 0.875 bits per heavy atom. The van der Waals surface area contributed by atoms with Gasteiger partial charge in [0.1, 0.15) is 18.5 Å². The first-order valence-corrected chi connectivity index (χ1v) is 13.1. The van der Waals surface area contributed by atoms with Gasteiger partial charge in [-0.2, -0.15) is 0 Å². The molecule has 13 nitrogen and oxygen atoms in total. The number of hydrogen-bond donors (Lipinski definition) is 1. The molecule has 2 aliphatic heterocycles. The number of anilines is 1. The van der Waals surface area contributed by atoms with Gasteiger partial charge < -0.3 is 43.5 Å². The second-order valence-electron chi connectivity index (χ2n) is 9.22. The topological polar surface area (TPSA) is 142 Å². The number of carbonyl (C=O) groups excluding carboxylic acids is 4. The van der Waals surface area contributed by atoms with E-state index in [1.54, 1.807) is 7.11 Å². The molecule has 0 amide bonds. The summed E-state index contributed by atoms with van der Waals surface area (Å²) in [5, 5.41) is 3.36. The van der Waals surface area contributed by atoms with Gasteiger partial charge in [-0.3, -0.25) is 19.2 Å². The average Bonchev–Trinajstić information content (AvgIpc) is 2.90. The molecule has 220 valence electrons. The average molecular weight is 582 g/mol. The third-order valence-corrected chi connectivity index (χ3v) is 6.63. The number of rotatable bonds is 8. The number of para-hydroxylation sites is 2. The molecule has 0 aromatic heterocycles. The Balaban J connectivity index is 1.79. The summed E-state index contributed by atoms with van der Waals surface area (Å²) < 4.78 is 33.0. The van der Waals surface area contributed by atoms with Crippen molar-refractivity contribution in [3.8, 4) is 5.75 Å². The monoisotopic (exact) mass is 581 g/mol. The van der Waals surface area contributed by atoms with Crippen molar-refractivity contribution in [2.45, 2.75) is 58.3 Å². The normalized spacial score (nSPS) is 24.4. The summed E-state index contributed by atoms with van der Waals surface area (Å²) in [7, 11) is 1.63. The summed E-state index contributed by atoms with van der Waals surface area (Å²) in [6.45, 7) is 6.85. The summed E-state index contributed by atoms with van der Waals surface area (Å²) in [6, 6.07) is 7.74. The number of esters is 4. The first kappa shape index (κ1) is 30.9. The van der Waals surface area contributed by atoms with Crippen LogP contribution in [-0.2, 0) is 42.9 Å². The largest absolute Gasteiger partial charge is 0.495 e. The van der Waals surface area contributed by atoms with Gasteiger partial charge in [-0.15, -0.1) is 0 Å². The van der Waals surface area contributed by atoms with Crippen molar-refractivity contribution in [1.29, 1.82) is 0 Å². The van der Waals surface area contributed by atoms with Crippen molar-refractivity contribution >= 4 is 46.9 Å². The van der Waals surface area contributed by atoms with Crippen LogP contribution in [0.15, 0.2) is 24.3 Å². The van der Waals surface area contributed by atoms with Crippen LogP contribution in [0.25, 0.3) is 0 Å². The van der Waals surface area contributed by atoms with Crippen molar-refractivity contribution in [3.05, 3.63) is 24.3 Å². The van der Waals surface area contributed by atoms with E-state index in [-0.39, 0.29) is 6.61 Å². The zero-order valence-electron chi connectivity index (χ0n) is 23.1. The lowest BCUT2D eigenvalue weighted by molar-refractivity contribution is -0.255. The highest BCUT2D eigenvalue weighted by Crippen LogP contribution is 2.30. The number of nitrogens with zero attached hydrogens (tertiary/aromatic N) is 2. The summed E-state index contributed by atoms with van der Waals surface area (Å²) >= 11 is 5.67. The van der Waals surface area contributed by atoms with Crippen molar-refractivity contribution in [2.24, 2.45) is 0 Å². The van der Waals surface area contributed by atoms with Gasteiger partial charge in [0.05, 0.1) is 12.8 Å². The first-order valence-electron chi connectivity index (χ1n) is 12.7. The Hall–Kier alpha value is -3.65. The van der Waals surface area contributed by atoms with Crippen LogP contribution in [0.4, 0.5) is 5.69 Å². The van der Waals surface area contributed by atoms with Gasteiger partial charge in [-0.1, -0.05) is 12.1 Å². The molecule has 2 fully saturated rings. The van der Waals surface area contributed by atoms with Gasteiger partial charge >= 0.3 is 23.9 Å². The molecule has 40 heavy (non-hydrogen) atoms. The van der Waals surface area contributed by atoms with E-state index in [9.17, 15) is 19.2 Å². The summed E-state index contributed by atoms with van der Waals surface area (Å²) in [5.74, 6) is -1.91. The van der Waals surface area contributed by atoms with E-state index < -0.39 is 54.5 Å². The summed E-state index contributed by atoms with van der Waals surface area (Å²) in [6.07, 6.45) is -5.94. The van der Waals surface area contributed by atoms with Gasteiger partial charge in [-0.05, 0) is 24.4 Å². The maximum absolute atomic E-state index is 12.0. The van der Waals surface area contributed by atoms with E-state index in [4.69, 9.17) is 40.6 Å². The smallest absolute Gasteiger partial charge is 0.303 e. The number of benzene rings is 1. The molecule has 2 saturated heterocycles. The fourth-order valence-corrected chi connectivity index (χ4v) is 4.90. The fourth-order valence-electron chi connectivity index (χ4n) is 4.60. The molecule has 0 aliphatic carbocycles. The molecular weight excluding hydrogens is 546 g/mol.